The summed E-state index contributed by atoms with van der Waals surface area (Å²) in [7, 11) is 1.68. The van der Waals surface area contributed by atoms with Crippen molar-refractivity contribution < 1.29 is 9.30 Å². The van der Waals surface area contributed by atoms with Gasteiger partial charge in [-0.1, -0.05) is 6.07 Å². The molecule has 3 aromatic rings. The molecule has 0 spiro atoms. The molecule has 98 valence electrons. The van der Waals surface area contributed by atoms with Crippen molar-refractivity contribution in [1.29, 1.82) is 0 Å². The fraction of sp³-hybridized carbons (Fsp3) is 0.0588. The number of rotatable bonds is 3. The molecule has 0 fully saturated rings. The van der Waals surface area contributed by atoms with Crippen LogP contribution in [-0.2, 0) is 0 Å². The van der Waals surface area contributed by atoms with Gasteiger partial charge in [0.1, 0.15) is 5.75 Å². The average Bonchev–Trinajstić information content (AvgIpc) is 2.56. The van der Waals surface area contributed by atoms with Crippen molar-refractivity contribution in [2.45, 2.75) is 0 Å². The Morgan fingerprint density at radius 1 is 0.950 bits per heavy atom. The molecule has 0 aliphatic heterocycles. The lowest BCUT2D eigenvalue weighted by atomic mass is 10.1. The summed E-state index contributed by atoms with van der Waals surface area (Å²) >= 11 is 0. The largest absolute Gasteiger partial charge is 0.497 e. The molecule has 0 saturated carbocycles. The van der Waals surface area contributed by atoms with Gasteiger partial charge in [0.05, 0.1) is 12.7 Å². The molecule has 0 bridgehead atoms. The second-order valence-electron chi connectivity index (χ2n) is 4.39. The van der Waals surface area contributed by atoms with Gasteiger partial charge in [-0.05, 0) is 24.3 Å². The molecule has 0 amide bonds. The topological polar surface area (TPSA) is 26.0 Å². The summed E-state index contributed by atoms with van der Waals surface area (Å²) in [5.74, 6) is 0.854. The number of pyridine rings is 2. The Balaban J connectivity index is 2.15. The minimum atomic E-state index is 0.854. The second kappa shape index (κ2) is 5.53. The lowest BCUT2D eigenvalue weighted by molar-refractivity contribution is -0.584. The smallest absolute Gasteiger partial charge is 0.218 e. The van der Waals surface area contributed by atoms with Crippen LogP contribution in [0.2, 0.25) is 0 Å². The van der Waals surface area contributed by atoms with E-state index in [-0.39, 0.29) is 0 Å². The number of nitrogens with zero attached hydrogens (tertiary/aromatic N) is 2. The highest BCUT2D eigenvalue weighted by Gasteiger charge is 2.14. The van der Waals surface area contributed by atoms with E-state index in [2.05, 4.69) is 21.7 Å². The SMILES string of the molecule is COc1cccc(-c2cccc[n+]2-c2ccncc2)c1. The molecule has 0 unspecified atom stereocenters. The predicted molar refractivity (Wildman–Crippen MR) is 77.8 cm³/mol. The van der Waals surface area contributed by atoms with Crippen molar-refractivity contribution in [3.63, 3.8) is 0 Å². The molecule has 0 atom stereocenters. The first kappa shape index (κ1) is 12.4. The maximum atomic E-state index is 5.30. The van der Waals surface area contributed by atoms with Crippen LogP contribution in [0, 0.1) is 0 Å². The third-order valence-corrected chi connectivity index (χ3v) is 3.17. The van der Waals surface area contributed by atoms with Crippen LogP contribution in [0.25, 0.3) is 16.9 Å². The first-order valence-corrected chi connectivity index (χ1v) is 6.44. The lowest BCUT2D eigenvalue weighted by Crippen LogP contribution is -2.32. The van der Waals surface area contributed by atoms with Gasteiger partial charge < -0.3 is 4.74 Å². The highest BCUT2D eigenvalue weighted by Crippen LogP contribution is 2.21. The minimum absolute atomic E-state index is 0.854. The van der Waals surface area contributed by atoms with Crippen LogP contribution >= 0.6 is 0 Å². The molecule has 3 heteroatoms. The quantitative estimate of drug-likeness (QED) is 0.679. The average molecular weight is 263 g/mol. The highest BCUT2D eigenvalue weighted by atomic mass is 16.5. The molecular formula is C17H15N2O+. The summed E-state index contributed by atoms with van der Waals surface area (Å²) in [5.41, 5.74) is 3.30. The zero-order valence-electron chi connectivity index (χ0n) is 11.2. The molecule has 0 aliphatic rings. The summed E-state index contributed by atoms with van der Waals surface area (Å²) in [5, 5.41) is 0. The molecule has 3 nitrogen and oxygen atoms in total. The molecule has 0 radical (unpaired) electrons. The molecule has 0 aliphatic carbocycles. The Hall–Kier alpha value is -2.68. The van der Waals surface area contributed by atoms with Crippen LogP contribution in [0.3, 0.4) is 0 Å². The van der Waals surface area contributed by atoms with E-state index in [1.165, 1.54) is 0 Å². The number of hydrogen-bond donors (Lipinski definition) is 0. The van der Waals surface area contributed by atoms with E-state index < -0.39 is 0 Å². The summed E-state index contributed by atoms with van der Waals surface area (Å²) < 4.78 is 7.44. The minimum Gasteiger partial charge on any atom is -0.497 e. The molecule has 0 saturated heterocycles. The number of benzene rings is 1. The van der Waals surface area contributed by atoms with Crippen molar-refractivity contribution in [2.24, 2.45) is 0 Å². The molecule has 3 rings (SSSR count). The van der Waals surface area contributed by atoms with Crippen LogP contribution in [0.5, 0.6) is 5.75 Å². The van der Waals surface area contributed by atoms with E-state index in [4.69, 9.17) is 4.74 Å². The monoisotopic (exact) mass is 263 g/mol. The summed E-state index contributed by atoms with van der Waals surface area (Å²) in [6.45, 7) is 0. The maximum Gasteiger partial charge on any atom is 0.218 e. The predicted octanol–water partition coefficient (Wildman–Crippen LogP) is 3.03. The van der Waals surface area contributed by atoms with Gasteiger partial charge in [0.15, 0.2) is 6.20 Å². The molecular weight excluding hydrogens is 248 g/mol. The van der Waals surface area contributed by atoms with Gasteiger partial charge >= 0.3 is 0 Å². The lowest BCUT2D eigenvalue weighted by Gasteiger charge is -2.05. The molecule has 2 aromatic heterocycles. The van der Waals surface area contributed by atoms with Gasteiger partial charge in [-0.25, -0.2) is 0 Å². The number of hydrogen-bond acceptors (Lipinski definition) is 2. The van der Waals surface area contributed by atoms with Crippen molar-refractivity contribution in [2.75, 3.05) is 7.11 Å². The molecule has 2 heterocycles. The maximum absolute atomic E-state index is 5.30. The molecule has 20 heavy (non-hydrogen) atoms. The van der Waals surface area contributed by atoms with E-state index in [1.807, 2.05) is 48.7 Å². The fourth-order valence-electron chi connectivity index (χ4n) is 2.19. The molecule has 1 aromatic carbocycles. The van der Waals surface area contributed by atoms with E-state index in [1.54, 1.807) is 19.5 Å². The van der Waals surface area contributed by atoms with E-state index in [9.17, 15) is 0 Å². The van der Waals surface area contributed by atoms with E-state index in [0.29, 0.717) is 0 Å². The normalized spacial score (nSPS) is 10.2. The van der Waals surface area contributed by atoms with Gasteiger partial charge in [0, 0.05) is 36.7 Å². The Bertz CT molecular complexity index is 711. The van der Waals surface area contributed by atoms with Gasteiger partial charge in [-0.15, -0.1) is 0 Å². The first-order valence-electron chi connectivity index (χ1n) is 6.44. The first-order chi connectivity index (χ1) is 9.88. The third kappa shape index (κ3) is 2.38. The van der Waals surface area contributed by atoms with Gasteiger partial charge in [-0.2, -0.15) is 4.57 Å². The number of methoxy groups -OCH3 is 1. The van der Waals surface area contributed by atoms with Crippen LogP contribution in [0.1, 0.15) is 0 Å². The fourth-order valence-corrected chi connectivity index (χ4v) is 2.19. The Morgan fingerprint density at radius 3 is 2.60 bits per heavy atom. The van der Waals surface area contributed by atoms with Crippen LogP contribution in [-0.4, -0.2) is 12.1 Å². The van der Waals surface area contributed by atoms with Crippen molar-refractivity contribution in [3.05, 3.63) is 73.2 Å². The van der Waals surface area contributed by atoms with Crippen LogP contribution < -0.4 is 9.30 Å². The summed E-state index contributed by atoms with van der Waals surface area (Å²) in [4.78, 5) is 4.07. The Labute approximate surface area is 118 Å². The second-order valence-corrected chi connectivity index (χ2v) is 4.39. The standard InChI is InChI=1S/C17H15N2O/c1-20-16-6-4-5-14(13-16)17-7-2-3-12-19(17)15-8-10-18-11-9-15/h2-13H,1H3/q+1. The number of ether oxygens (including phenoxy) is 1. The van der Waals surface area contributed by atoms with E-state index >= 15 is 0 Å². The third-order valence-electron chi connectivity index (χ3n) is 3.17. The highest BCUT2D eigenvalue weighted by molar-refractivity contribution is 5.59. The Morgan fingerprint density at radius 2 is 1.80 bits per heavy atom. The van der Waals surface area contributed by atoms with Crippen molar-refractivity contribution in [1.82, 2.24) is 4.98 Å². The number of aromatic nitrogens is 2. The zero-order chi connectivity index (χ0) is 13.8. The van der Waals surface area contributed by atoms with Crippen LogP contribution in [0.4, 0.5) is 0 Å². The van der Waals surface area contributed by atoms with Crippen molar-refractivity contribution >= 4 is 0 Å². The van der Waals surface area contributed by atoms with Crippen LogP contribution in [0.15, 0.2) is 73.2 Å². The van der Waals surface area contributed by atoms with E-state index in [0.717, 1.165) is 22.7 Å². The van der Waals surface area contributed by atoms with Gasteiger partial charge in [0.2, 0.25) is 11.4 Å². The summed E-state index contributed by atoms with van der Waals surface area (Å²) in [6, 6.07) is 18.2. The summed E-state index contributed by atoms with van der Waals surface area (Å²) in [6.07, 6.45) is 5.64. The van der Waals surface area contributed by atoms with Crippen molar-refractivity contribution in [3.8, 4) is 22.7 Å². The van der Waals surface area contributed by atoms with Gasteiger partial charge in [-0.3, -0.25) is 4.98 Å². The Kier molecular flexibility index (Phi) is 3.42. The molecule has 0 N–H and O–H groups in total. The van der Waals surface area contributed by atoms with Gasteiger partial charge in [0.25, 0.3) is 0 Å². The zero-order valence-corrected chi connectivity index (χ0v) is 11.2.